The molecule has 1 heterocycles. The normalized spacial score (nSPS) is 16.9. The Kier molecular flexibility index (Phi) is 3.37. The molecule has 0 saturated heterocycles. The van der Waals surface area contributed by atoms with Crippen molar-refractivity contribution in [1.29, 1.82) is 0 Å². The number of benzene rings is 2. The second-order valence-electron chi connectivity index (χ2n) is 4.77. The molecule has 2 aromatic carbocycles. The van der Waals surface area contributed by atoms with E-state index in [1.807, 2.05) is 24.3 Å². The minimum absolute atomic E-state index is 0.0614. The Balaban J connectivity index is 1.71. The molecular weight excluding hydrogens is 257 g/mol. The molecule has 1 atom stereocenters. The molecule has 4 heteroatoms. The summed E-state index contributed by atoms with van der Waals surface area (Å²) in [6, 6.07) is 13.5. The molecule has 0 spiro atoms. The van der Waals surface area contributed by atoms with Crippen LogP contribution in [0.3, 0.4) is 0 Å². The maximum atomic E-state index is 13.5. The van der Waals surface area contributed by atoms with E-state index in [1.54, 1.807) is 12.1 Å². The fourth-order valence-electron chi connectivity index (χ4n) is 2.33. The van der Waals surface area contributed by atoms with E-state index in [9.17, 15) is 9.18 Å². The second kappa shape index (κ2) is 5.33. The Morgan fingerprint density at radius 1 is 1.15 bits per heavy atom. The second-order valence-corrected chi connectivity index (χ2v) is 4.77. The van der Waals surface area contributed by atoms with Crippen molar-refractivity contribution in [2.24, 2.45) is 0 Å². The van der Waals surface area contributed by atoms with E-state index in [0.717, 1.165) is 11.3 Å². The molecule has 0 fully saturated rings. The summed E-state index contributed by atoms with van der Waals surface area (Å²) >= 11 is 0. The molecule has 0 radical (unpaired) electrons. The first-order valence-electron chi connectivity index (χ1n) is 6.50. The van der Waals surface area contributed by atoms with Crippen molar-refractivity contribution in [3.63, 3.8) is 0 Å². The van der Waals surface area contributed by atoms with Crippen LogP contribution in [0.2, 0.25) is 0 Å². The van der Waals surface area contributed by atoms with Crippen molar-refractivity contribution >= 4 is 5.91 Å². The zero-order valence-electron chi connectivity index (χ0n) is 10.8. The highest BCUT2D eigenvalue weighted by molar-refractivity contribution is 5.94. The average Bonchev–Trinajstić information content (AvgIpc) is 2.47. The predicted octanol–water partition coefficient (Wildman–Crippen LogP) is 2.56. The molecule has 1 unspecified atom stereocenters. The van der Waals surface area contributed by atoms with Gasteiger partial charge in [-0.1, -0.05) is 30.3 Å². The third kappa shape index (κ3) is 2.50. The lowest BCUT2D eigenvalue weighted by atomic mass is 10.0. The number of hydrogen-bond acceptors (Lipinski definition) is 2. The number of rotatable bonds is 2. The summed E-state index contributed by atoms with van der Waals surface area (Å²) in [5.41, 5.74) is 1.11. The number of carbonyl (C=O) groups is 1. The predicted molar refractivity (Wildman–Crippen MR) is 73.3 cm³/mol. The summed E-state index contributed by atoms with van der Waals surface area (Å²) in [4.78, 5) is 12.0. The van der Waals surface area contributed by atoms with Crippen LogP contribution in [0.15, 0.2) is 48.5 Å². The molecule has 1 N–H and O–H groups in total. The van der Waals surface area contributed by atoms with Crippen molar-refractivity contribution in [2.45, 2.75) is 12.5 Å². The van der Waals surface area contributed by atoms with Gasteiger partial charge in [0.15, 0.2) is 0 Å². The molecule has 0 bridgehead atoms. The Morgan fingerprint density at radius 2 is 1.90 bits per heavy atom. The molecule has 1 aliphatic rings. The van der Waals surface area contributed by atoms with Gasteiger partial charge in [-0.05, 0) is 30.2 Å². The lowest BCUT2D eigenvalue weighted by Crippen LogP contribution is -2.42. The van der Waals surface area contributed by atoms with Crippen LogP contribution in [0.25, 0.3) is 0 Å². The maximum Gasteiger partial charge on any atom is 0.254 e. The maximum absolute atomic E-state index is 13.5. The van der Waals surface area contributed by atoms with E-state index in [0.29, 0.717) is 13.0 Å². The van der Waals surface area contributed by atoms with E-state index in [4.69, 9.17) is 4.74 Å². The Bertz CT molecular complexity index is 642. The van der Waals surface area contributed by atoms with Gasteiger partial charge in [-0.2, -0.15) is 0 Å². The number of halogens is 1. The van der Waals surface area contributed by atoms with Crippen LogP contribution in [-0.2, 0) is 6.42 Å². The fraction of sp³-hybridized carbons (Fsp3) is 0.188. The number of hydrogen-bond donors (Lipinski definition) is 1. The molecule has 0 aromatic heterocycles. The van der Waals surface area contributed by atoms with Crippen LogP contribution < -0.4 is 10.1 Å². The Morgan fingerprint density at radius 3 is 2.75 bits per heavy atom. The van der Waals surface area contributed by atoms with Crippen molar-refractivity contribution in [3.05, 3.63) is 65.5 Å². The fourth-order valence-corrected chi connectivity index (χ4v) is 2.33. The summed E-state index contributed by atoms with van der Waals surface area (Å²) in [6.45, 7) is 0.400. The number of para-hydroxylation sites is 1. The van der Waals surface area contributed by atoms with Gasteiger partial charge in [0.05, 0.1) is 11.6 Å². The largest absolute Gasteiger partial charge is 0.491 e. The zero-order valence-corrected chi connectivity index (χ0v) is 10.8. The van der Waals surface area contributed by atoms with Gasteiger partial charge in [-0.15, -0.1) is 0 Å². The molecular formula is C16H14FNO2. The molecule has 3 rings (SSSR count). The smallest absolute Gasteiger partial charge is 0.254 e. The molecule has 1 aliphatic heterocycles. The van der Waals surface area contributed by atoms with Gasteiger partial charge in [0, 0.05) is 0 Å². The molecule has 102 valence electrons. The molecule has 1 amide bonds. The minimum Gasteiger partial charge on any atom is -0.491 e. The lowest BCUT2D eigenvalue weighted by Gasteiger charge is -2.26. The highest BCUT2D eigenvalue weighted by Crippen LogP contribution is 2.24. The third-order valence-corrected chi connectivity index (χ3v) is 3.33. The van der Waals surface area contributed by atoms with E-state index in [1.165, 1.54) is 12.1 Å². The number of ether oxygens (including phenoxy) is 1. The Labute approximate surface area is 116 Å². The SMILES string of the molecule is O=C(NC1COc2ccccc2C1)c1ccccc1F. The molecule has 3 nitrogen and oxygen atoms in total. The first-order chi connectivity index (χ1) is 9.74. The number of amides is 1. The van der Waals surface area contributed by atoms with Crippen molar-refractivity contribution in [1.82, 2.24) is 5.32 Å². The summed E-state index contributed by atoms with van der Waals surface area (Å²) in [7, 11) is 0. The van der Waals surface area contributed by atoms with Crippen molar-refractivity contribution < 1.29 is 13.9 Å². The van der Waals surface area contributed by atoms with Gasteiger partial charge in [0.2, 0.25) is 0 Å². The number of nitrogens with one attached hydrogen (secondary N) is 1. The Hall–Kier alpha value is -2.36. The molecule has 0 aliphatic carbocycles. The molecule has 0 saturated carbocycles. The summed E-state index contributed by atoms with van der Waals surface area (Å²) < 4.78 is 19.1. The van der Waals surface area contributed by atoms with E-state index in [2.05, 4.69) is 5.32 Å². The topological polar surface area (TPSA) is 38.3 Å². The van der Waals surface area contributed by atoms with Gasteiger partial charge in [0.1, 0.15) is 18.2 Å². The third-order valence-electron chi connectivity index (χ3n) is 3.33. The van der Waals surface area contributed by atoms with E-state index < -0.39 is 11.7 Å². The zero-order chi connectivity index (χ0) is 13.9. The summed E-state index contributed by atoms with van der Waals surface area (Å²) in [5.74, 6) is -0.0675. The van der Waals surface area contributed by atoms with Gasteiger partial charge < -0.3 is 10.1 Å². The van der Waals surface area contributed by atoms with Crippen molar-refractivity contribution in [2.75, 3.05) is 6.61 Å². The number of carbonyl (C=O) groups excluding carboxylic acids is 1. The van der Waals surface area contributed by atoms with Crippen molar-refractivity contribution in [3.8, 4) is 5.75 Å². The first kappa shape index (κ1) is 12.7. The summed E-state index contributed by atoms with van der Waals surface area (Å²) in [5, 5.41) is 2.81. The van der Waals surface area contributed by atoms with Crippen LogP contribution in [-0.4, -0.2) is 18.6 Å². The minimum atomic E-state index is -0.512. The van der Waals surface area contributed by atoms with Gasteiger partial charge >= 0.3 is 0 Å². The monoisotopic (exact) mass is 271 g/mol. The van der Waals surface area contributed by atoms with Crippen LogP contribution in [0.4, 0.5) is 4.39 Å². The summed E-state index contributed by atoms with van der Waals surface area (Å²) in [6.07, 6.45) is 0.691. The van der Waals surface area contributed by atoms with Gasteiger partial charge in [-0.3, -0.25) is 4.79 Å². The highest BCUT2D eigenvalue weighted by Gasteiger charge is 2.22. The van der Waals surface area contributed by atoms with E-state index >= 15 is 0 Å². The van der Waals surface area contributed by atoms with Crippen LogP contribution in [0, 0.1) is 5.82 Å². The highest BCUT2D eigenvalue weighted by atomic mass is 19.1. The van der Waals surface area contributed by atoms with Crippen LogP contribution in [0.5, 0.6) is 5.75 Å². The van der Waals surface area contributed by atoms with E-state index in [-0.39, 0.29) is 11.6 Å². The lowest BCUT2D eigenvalue weighted by molar-refractivity contribution is 0.0911. The first-order valence-corrected chi connectivity index (χ1v) is 6.50. The van der Waals surface area contributed by atoms with Crippen LogP contribution >= 0.6 is 0 Å². The quantitative estimate of drug-likeness (QED) is 0.911. The van der Waals surface area contributed by atoms with Gasteiger partial charge in [0.25, 0.3) is 5.91 Å². The standard InChI is InChI=1S/C16H14FNO2/c17-14-7-3-2-6-13(14)16(19)18-12-9-11-5-1-4-8-15(11)20-10-12/h1-8,12H,9-10H2,(H,18,19). The van der Waals surface area contributed by atoms with Crippen LogP contribution in [0.1, 0.15) is 15.9 Å². The molecule has 20 heavy (non-hydrogen) atoms. The van der Waals surface area contributed by atoms with Gasteiger partial charge in [-0.25, -0.2) is 4.39 Å². The average molecular weight is 271 g/mol. The number of fused-ring (bicyclic) bond motifs is 1. The molecule has 2 aromatic rings.